The number of rotatable bonds is 2. The fraction of sp³-hybridized carbons (Fsp3) is 0.545. The first-order valence-corrected chi connectivity index (χ1v) is 5.84. The Bertz CT molecular complexity index is 421. The standard InChI is InChI=1S/C11H15FN4O2/c1-2-18-11(17)16-5-3-15(4-6-16)10-9(12)7-13-8-14-10/h7-8H,2-6H2,1H3. The highest BCUT2D eigenvalue weighted by molar-refractivity contribution is 5.68. The van der Waals surface area contributed by atoms with E-state index in [2.05, 4.69) is 9.97 Å². The monoisotopic (exact) mass is 254 g/mol. The van der Waals surface area contributed by atoms with Crippen LogP contribution < -0.4 is 4.90 Å². The van der Waals surface area contributed by atoms with E-state index in [9.17, 15) is 9.18 Å². The normalized spacial score (nSPS) is 15.7. The summed E-state index contributed by atoms with van der Waals surface area (Å²) in [5.74, 6) is -0.157. The molecule has 1 fully saturated rings. The van der Waals surface area contributed by atoms with Crippen molar-refractivity contribution in [3.8, 4) is 0 Å². The zero-order valence-electron chi connectivity index (χ0n) is 10.2. The average molecular weight is 254 g/mol. The zero-order chi connectivity index (χ0) is 13.0. The molecule has 1 amide bonds. The van der Waals surface area contributed by atoms with Gasteiger partial charge >= 0.3 is 6.09 Å². The third-order valence-electron chi connectivity index (χ3n) is 2.75. The van der Waals surface area contributed by atoms with E-state index in [0.29, 0.717) is 32.8 Å². The van der Waals surface area contributed by atoms with Crippen LogP contribution in [0.5, 0.6) is 0 Å². The summed E-state index contributed by atoms with van der Waals surface area (Å²) in [4.78, 5) is 22.4. The molecule has 18 heavy (non-hydrogen) atoms. The minimum Gasteiger partial charge on any atom is -0.450 e. The summed E-state index contributed by atoms with van der Waals surface area (Å²) in [6, 6.07) is 0. The van der Waals surface area contributed by atoms with Crippen LogP contribution in [0.3, 0.4) is 0 Å². The van der Waals surface area contributed by atoms with E-state index in [0.717, 1.165) is 6.20 Å². The van der Waals surface area contributed by atoms with Crippen molar-refractivity contribution in [2.24, 2.45) is 0 Å². The molecule has 6 nitrogen and oxygen atoms in total. The van der Waals surface area contributed by atoms with Crippen LogP contribution in [0, 0.1) is 5.82 Å². The minimum atomic E-state index is -0.443. The molecule has 1 aromatic rings. The maximum atomic E-state index is 13.5. The van der Waals surface area contributed by atoms with Crippen molar-refractivity contribution in [3.05, 3.63) is 18.3 Å². The van der Waals surface area contributed by atoms with E-state index in [1.807, 2.05) is 0 Å². The van der Waals surface area contributed by atoms with Crippen LogP contribution in [0.2, 0.25) is 0 Å². The van der Waals surface area contributed by atoms with Crippen LogP contribution in [-0.2, 0) is 4.74 Å². The molecule has 0 aliphatic carbocycles. The maximum absolute atomic E-state index is 13.5. The van der Waals surface area contributed by atoms with Crippen LogP contribution in [0.4, 0.5) is 15.0 Å². The number of amides is 1. The molecule has 98 valence electrons. The maximum Gasteiger partial charge on any atom is 0.409 e. The van der Waals surface area contributed by atoms with E-state index >= 15 is 0 Å². The summed E-state index contributed by atoms with van der Waals surface area (Å²) in [5.41, 5.74) is 0. The van der Waals surface area contributed by atoms with Crippen molar-refractivity contribution in [2.75, 3.05) is 37.7 Å². The van der Waals surface area contributed by atoms with Crippen molar-refractivity contribution in [3.63, 3.8) is 0 Å². The SMILES string of the molecule is CCOC(=O)N1CCN(c2ncncc2F)CC1. The topological polar surface area (TPSA) is 58.6 Å². The molecule has 1 aliphatic heterocycles. The van der Waals surface area contributed by atoms with Crippen LogP contribution in [0.1, 0.15) is 6.92 Å². The molecule has 0 N–H and O–H groups in total. The second-order valence-electron chi connectivity index (χ2n) is 3.87. The van der Waals surface area contributed by atoms with Gasteiger partial charge in [-0.05, 0) is 6.92 Å². The van der Waals surface area contributed by atoms with E-state index in [4.69, 9.17) is 4.74 Å². The summed E-state index contributed by atoms with van der Waals surface area (Å²) < 4.78 is 18.4. The smallest absolute Gasteiger partial charge is 0.409 e. The molecule has 0 unspecified atom stereocenters. The van der Waals surface area contributed by atoms with Gasteiger partial charge in [-0.15, -0.1) is 0 Å². The number of nitrogens with zero attached hydrogens (tertiary/aromatic N) is 4. The number of aromatic nitrogens is 2. The molecule has 1 saturated heterocycles. The molecule has 0 spiro atoms. The number of piperazine rings is 1. The van der Waals surface area contributed by atoms with E-state index < -0.39 is 5.82 Å². The molecule has 0 bridgehead atoms. The number of halogens is 1. The van der Waals surface area contributed by atoms with Gasteiger partial charge in [0.25, 0.3) is 0 Å². The lowest BCUT2D eigenvalue weighted by Gasteiger charge is -2.34. The second kappa shape index (κ2) is 5.61. The molecule has 0 atom stereocenters. The minimum absolute atomic E-state index is 0.286. The highest BCUT2D eigenvalue weighted by Crippen LogP contribution is 2.16. The lowest BCUT2D eigenvalue weighted by molar-refractivity contribution is 0.105. The van der Waals surface area contributed by atoms with Crippen LogP contribution in [-0.4, -0.2) is 53.7 Å². The Morgan fingerprint density at radius 3 is 2.78 bits per heavy atom. The molecular formula is C11H15FN4O2. The molecule has 2 heterocycles. The predicted molar refractivity (Wildman–Crippen MR) is 62.8 cm³/mol. The third-order valence-corrected chi connectivity index (χ3v) is 2.75. The number of carbonyl (C=O) groups is 1. The number of ether oxygens (including phenoxy) is 1. The molecule has 0 aromatic carbocycles. The van der Waals surface area contributed by atoms with Crippen molar-refractivity contribution in [1.29, 1.82) is 0 Å². The zero-order valence-corrected chi connectivity index (χ0v) is 10.2. The Kier molecular flexibility index (Phi) is 3.91. The lowest BCUT2D eigenvalue weighted by atomic mass is 10.3. The van der Waals surface area contributed by atoms with Crippen molar-refractivity contribution in [2.45, 2.75) is 6.92 Å². The van der Waals surface area contributed by atoms with Gasteiger partial charge in [-0.25, -0.2) is 19.2 Å². The molecule has 2 rings (SSSR count). The van der Waals surface area contributed by atoms with Gasteiger partial charge in [0.15, 0.2) is 11.6 Å². The van der Waals surface area contributed by atoms with Gasteiger partial charge in [0.2, 0.25) is 0 Å². The average Bonchev–Trinajstić information content (AvgIpc) is 2.40. The van der Waals surface area contributed by atoms with Crippen LogP contribution >= 0.6 is 0 Å². The molecule has 0 radical (unpaired) electrons. The molecule has 7 heteroatoms. The third kappa shape index (κ3) is 2.66. The molecule has 1 aromatic heterocycles. The van der Waals surface area contributed by atoms with E-state index in [1.54, 1.807) is 16.7 Å². The largest absolute Gasteiger partial charge is 0.450 e. The Hall–Kier alpha value is -1.92. The highest BCUT2D eigenvalue weighted by Gasteiger charge is 2.24. The quantitative estimate of drug-likeness (QED) is 0.784. The molecular weight excluding hydrogens is 239 g/mol. The summed E-state index contributed by atoms with van der Waals surface area (Å²) in [5, 5.41) is 0. The Morgan fingerprint density at radius 1 is 1.44 bits per heavy atom. The number of hydrogen-bond acceptors (Lipinski definition) is 5. The van der Waals surface area contributed by atoms with Crippen molar-refractivity contribution >= 4 is 11.9 Å². The molecule has 0 saturated carbocycles. The summed E-state index contributed by atoms with van der Waals surface area (Å²) in [6.45, 7) is 4.20. The Morgan fingerprint density at radius 2 is 2.17 bits per heavy atom. The first-order chi connectivity index (χ1) is 8.72. The summed E-state index contributed by atoms with van der Waals surface area (Å²) >= 11 is 0. The summed E-state index contributed by atoms with van der Waals surface area (Å²) in [6.07, 6.45) is 2.14. The van der Waals surface area contributed by atoms with Crippen molar-refractivity contribution < 1.29 is 13.9 Å². The summed E-state index contributed by atoms with van der Waals surface area (Å²) in [7, 11) is 0. The number of hydrogen-bond donors (Lipinski definition) is 0. The van der Waals surface area contributed by atoms with Gasteiger partial charge in [0, 0.05) is 26.2 Å². The van der Waals surface area contributed by atoms with Gasteiger partial charge in [-0.2, -0.15) is 0 Å². The fourth-order valence-corrected chi connectivity index (χ4v) is 1.85. The van der Waals surface area contributed by atoms with E-state index in [-0.39, 0.29) is 11.9 Å². The molecule has 1 aliphatic rings. The lowest BCUT2D eigenvalue weighted by Crippen LogP contribution is -2.49. The predicted octanol–water partition coefficient (Wildman–Crippen LogP) is 0.894. The highest BCUT2D eigenvalue weighted by atomic mass is 19.1. The number of anilines is 1. The van der Waals surface area contributed by atoms with E-state index in [1.165, 1.54) is 6.33 Å². The van der Waals surface area contributed by atoms with Gasteiger partial charge in [0.05, 0.1) is 12.8 Å². The second-order valence-corrected chi connectivity index (χ2v) is 3.87. The Balaban J connectivity index is 1.95. The first-order valence-electron chi connectivity index (χ1n) is 5.84. The van der Waals surface area contributed by atoms with Gasteiger partial charge in [0.1, 0.15) is 6.33 Å². The van der Waals surface area contributed by atoms with Gasteiger partial charge < -0.3 is 14.5 Å². The van der Waals surface area contributed by atoms with Crippen LogP contribution in [0.15, 0.2) is 12.5 Å². The first kappa shape index (κ1) is 12.5. The number of carbonyl (C=O) groups excluding carboxylic acids is 1. The Labute approximate surface area is 104 Å². The fourth-order valence-electron chi connectivity index (χ4n) is 1.85. The van der Waals surface area contributed by atoms with Crippen LogP contribution in [0.25, 0.3) is 0 Å². The van der Waals surface area contributed by atoms with Crippen molar-refractivity contribution in [1.82, 2.24) is 14.9 Å². The van der Waals surface area contributed by atoms with Gasteiger partial charge in [-0.1, -0.05) is 0 Å². The van der Waals surface area contributed by atoms with Gasteiger partial charge in [-0.3, -0.25) is 0 Å².